The van der Waals surface area contributed by atoms with Crippen molar-refractivity contribution in [2.24, 2.45) is 5.84 Å². The van der Waals surface area contributed by atoms with Gasteiger partial charge in [-0.3, -0.25) is 15.1 Å². The summed E-state index contributed by atoms with van der Waals surface area (Å²) in [7, 11) is 7.24. The summed E-state index contributed by atoms with van der Waals surface area (Å²) in [6.45, 7) is 2.08. The average Bonchev–Trinajstić information content (AvgIpc) is 2.75. The minimum absolute atomic E-state index is 0.0901. The molecule has 1 aliphatic heterocycles. The maximum atomic E-state index is 12.4. The van der Waals surface area contributed by atoms with E-state index in [2.05, 4.69) is 41.8 Å². The average molecular weight is 415 g/mol. The fraction of sp³-hybridized carbons (Fsp3) is 0.261. The maximum Gasteiger partial charge on any atom is 0.205 e. The number of ether oxygens (including phenoxy) is 1. The monoisotopic (exact) mass is 414 g/mol. The minimum atomic E-state index is -0.465. The van der Waals surface area contributed by atoms with Gasteiger partial charge in [0.25, 0.3) is 0 Å². The van der Waals surface area contributed by atoms with Crippen molar-refractivity contribution >= 4 is 11.9 Å². The summed E-state index contributed by atoms with van der Waals surface area (Å²) in [6.07, 6.45) is 4.32. The molecule has 162 valence electrons. The molecule has 1 atom stereocenters. The second-order valence-corrected chi connectivity index (χ2v) is 6.43. The Morgan fingerprint density at radius 2 is 1.67 bits per heavy atom. The summed E-state index contributed by atoms with van der Waals surface area (Å²) in [4.78, 5) is 9.99. The molecule has 7 heteroatoms. The first-order chi connectivity index (χ1) is 14.4. The molecule has 0 bridgehead atoms. The summed E-state index contributed by atoms with van der Waals surface area (Å²) in [5, 5.41) is 7.54. The molecular weight excluding hydrogens is 383 g/mol. The van der Waals surface area contributed by atoms with Gasteiger partial charge in [0.2, 0.25) is 5.88 Å². The van der Waals surface area contributed by atoms with Gasteiger partial charge in [-0.2, -0.15) is 0 Å². The van der Waals surface area contributed by atoms with Crippen LogP contribution < -0.4 is 16.5 Å². The van der Waals surface area contributed by atoms with Gasteiger partial charge >= 0.3 is 0 Å². The Hall–Kier alpha value is -3.00. The predicted molar refractivity (Wildman–Crippen MR) is 120 cm³/mol. The van der Waals surface area contributed by atoms with Gasteiger partial charge in [0.1, 0.15) is 12.0 Å². The Morgan fingerprint density at radius 3 is 2.13 bits per heavy atom. The number of aryl methyl sites for hydroxylation is 1. The predicted octanol–water partition coefficient (Wildman–Crippen LogP) is 3.07. The third-order valence-corrected chi connectivity index (χ3v) is 4.13. The molecule has 0 fully saturated rings. The van der Waals surface area contributed by atoms with Crippen molar-refractivity contribution < 1.29 is 13.9 Å². The first-order valence-electron chi connectivity index (χ1n) is 9.45. The van der Waals surface area contributed by atoms with Gasteiger partial charge < -0.3 is 10.1 Å². The number of rotatable bonds is 4. The number of hydrogen-bond acceptors (Lipinski definition) is 6. The summed E-state index contributed by atoms with van der Waals surface area (Å²) in [5.41, 5.74) is 3.63. The van der Waals surface area contributed by atoms with Gasteiger partial charge in [0, 0.05) is 0 Å². The van der Waals surface area contributed by atoms with E-state index in [1.54, 1.807) is 24.3 Å². The lowest BCUT2D eigenvalue weighted by atomic mass is 9.99. The molecule has 1 heterocycles. The zero-order valence-corrected chi connectivity index (χ0v) is 18.1. The van der Waals surface area contributed by atoms with Crippen LogP contribution in [-0.4, -0.2) is 45.7 Å². The Labute approximate surface area is 178 Å². The van der Waals surface area contributed by atoms with Crippen LogP contribution in [0.3, 0.4) is 0 Å². The Bertz CT molecular complexity index is 851. The second kappa shape index (κ2) is 13.3. The van der Waals surface area contributed by atoms with Crippen molar-refractivity contribution in [2.75, 3.05) is 28.3 Å². The topological polar surface area (TPSA) is 79.6 Å². The highest BCUT2D eigenvalue weighted by molar-refractivity contribution is 5.74. The molecule has 1 aliphatic rings. The number of allylic oxidation sites excluding steroid dienone is 2. The molecule has 0 aliphatic carbocycles. The van der Waals surface area contributed by atoms with E-state index in [0.717, 1.165) is 11.1 Å². The normalized spacial score (nSPS) is 14.9. The molecule has 3 rings (SSSR count). The van der Waals surface area contributed by atoms with Crippen molar-refractivity contribution in [1.82, 2.24) is 15.6 Å². The van der Waals surface area contributed by atoms with Crippen LogP contribution in [0.15, 0.2) is 66.6 Å². The summed E-state index contributed by atoms with van der Waals surface area (Å²) in [6, 6.07) is 14.2. The van der Waals surface area contributed by atoms with E-state index in [4.69, 9.17) is 10.6 Å². The Kier molecular flexibility index (Phi) is 11.1. The van der Waals surface area contributed by atoms with Gasteiger partial charge in [-0.05, 0) is 63.5 Å². The number of nitrogens with zero attached hydrogens (tertiary/aromatic N) is 1. The van der Waals surface area contributed by atoms with Crippen LogP contribution in [0.1, 0.15) is 21.5 Å². The molecule has 1 unspecified atom stereocenters. The first kappa shape index (κ1) is 25.0. The molecule has 2 aromatic rings. The number of hydrazine groups is 1. The Morgan fingerprint density at radius 1 is 1.07 bits per heavy atom. The van der Waals surface area contributed by atoms with E-state index in [-0.39, 0.29) is 11.7 Å². The number of nitrogens with two attached hydrogens (primary N) is 1. The van der Waals surface area contributed by atoms with E-state index in [9.17, 15) is 9.18 Å². The van der Waals surface area contributed by atoms with Crippen LogP contribution in [0.4, 0.5) is 4.39 Å². The molecule has 0 spiro atoms. The number of carbonyl (C=O) groups excluding carboxylic acids is 1. The number of aldehydes is 1. The van der Waals surface area contributed by atoms with E-state index in [1.807, 2.05) is 33.3 Å². The number of likely N-dealkylation sites (N-methyl/N-ethyl adjacent to an activating group) is 1. The summed E-state index contributed by atoms with van der Waals surface area (Å²) < 4.78 is 17.6. The zero-order valence-electron chi connectivity index (χ0n) is 18.1. The molecule has 0 amide bonds. The molecule has 30 heavy (non-hydrogen) atoms. The lowest BCUT2D eigenvalue weighted by molar-refractivity contribution is 0.112. The van der Waals surface area contributed by atoms with Gasteiger partial charge in [0.05, 0.1) is 12.7 Å². The molecule has 4 N–H and O–H groups in total. The molecular formula is C23H31FN4O2. The van der Waals surface area contributed by atoms with E-state index in [1.165, 1.54) is 17.7 Å². The van der Waals surface area contributed by atoms with Gasteiger partial charge in [-0.25, -0.2) is 10.2 Å². The lowest BCUT2D eigenvalue weighted by Crippen LogP contribution is -2.49. The number of halogens is 1. The first-order valence-corrected chi connectivity index (χ1v) is 9.45. The number of carbonyl (C=O) groups is 1. The van der Waals surface area contributed by atoms with Crippen LogP contribution in [-0.2, 0) is 4.74 Å². The van der Waals surface area contributed by atoms with E-state index in [0.29, 0.717) is 12.2 Å². The number of methoxy groups -OCH3 is 1. The SMILES string of the molecule is CNC.CNC1C(c2ccc(C)cc2)=CC=C(OC)N1N.O=Cc1ccccc1F. The smallest absolute Gasteiger partial charge is 0.205 e. The highest BCUT2D eigenvalue weighted by atomic mass is 19.1. The fourth-order valence-corrected chi connectivity index (χ4v) is 2.65. The number of benzene rings is 2. The van der Waals surface area contributed by atoms with Crippen LogP contribution in [0, 0.1) is 12.7 Å². The lowest BCUT2D eigenvalue weighted by Gasteiger charge is -2.34. The van der Waals surface area contributed by atoms with Crippen molar-refractivity contribution in [1.29, 1.82) is 0 Å². The third-order valence-electron chi connectivity index (χ3n) is 4.13. The quantitative estimate of drug-likeness (QED) is 0.527. The van der Waals surface area contributed by atoms with Crippen LogP contribution >= 0.6 is 0 Å². The fourth-order valence-electron chi connectivity index (χ4n) is 2.65. The number of hydrogen-bond donors (Lipinski definition) is 3. The van der Waals surface area contributed by atoms with Gasteiger partial charge in [0.15, 0.2) is 6.29 Å². The summed E-state index contributed by atoms with van der Waals surface area (Å²) in [5.74, 6) is 6.22. The van der Waals surface area contributed by atoms with Crippen molar-refractivity contribution in [3.05, 3.63) is 89.1 Å². The van der Waals surface area contributed by atoms with Crippen molar-refractivity contribution in [3.8, 4) is 0 Å². The summed E-state index contributed by atoms with van der Waals surface area (Å²) >= 11 is 0. The molecule has 0 saturated heterocycles. The van der Waals surface area contributed by atoms with Crippen molar-refractivity contribution in [2.45, 2.75) is 13.1 Å². The third kappa shape index (κ3) is 7.11. The zero-order chi connectivity index (χ0) is 22.5. The highest BCUT2D eigenvalue weighted by Gasteiger charge is 2.25. The Balaban J connectivity index is 0.000000313. The molecule has 6 nitrogen and oxygen atoms in total. The largest absolute Gasteiger partial charge is 0.481 e. The van der Waals surface area contributed by atoms with Crippen LogP contribution in [0.2, 0.25) is 0 Å². The number of nitrogens with one attached hydrogen (secondary N) is 2. The van der Waals surface area contributed by atoms with Gasteiger partial charge in [-0.15, -0.1) is 0 Å². The molecule has 0 radical (unpaired) electrons. The molecule has 2 aromatic carbocycles. The second-order valence-electron chi connectivity index (χ2n) is 6.43. The van der Waals surface area contributed by atoms with Crippen LogP contribution in [0.5, 0.6) is 0 Å². The standard InChI is InChI=1S/C14H19N3O.C7H5FO.C2H7N/c1-10-4-6-11(7-5-10)12-8-9-13(18-3)17(15)14(12)16-2;8-7-4-2-1-3-6(7)5-9;1-3-2/h4-9,14,16H,15H2,1-3H3;1-5H;3H,1-2H3. The van der Waals surface area contributed by atoms with Crippen molar-refractivity contribution in [3.63, 3.8) is 0 Å². The maximum absolute atomic E-state index is 12.4. The van der Waals surface area contributed by atoms with E-state index >= 15 is 0 Å². The van der Waals surface area contributed by atoms with E-state index < -0.39 is 5.82 Å². The van der Waals surface area contributed by atoms with Crippen LogP contribution in [0.25, 0.3) is 5.57 Å². The minimum Gasteiger partial charge on any atom is -0.481 e. The molecule has 0 saturated carbocycles. The van der Waals surface area contributed by atoms with Gasteiger partial charge in [-0.1, -0.05) is 42.0 Å². The molecule has 0 aromatic heterocycles. The highest BCUT2D eigenvalue weighted by Crippen LogP contribution is 2.26.